The van der Waals surface area contributed by atoms with Crippen molar-refractivity contribution in [2.75, 3.05) is 5.75 Å². The summed E-state index contributed by atoms with van der Waals surface area (Å²) in [6.45, 7) is 3.86. The monoisotopic (exact) mass is 296 g/mol. The van der Waals surface area contributed by atoms with E-state index >= 15 is 0 Å². The van der Waals surface area contributed by atoms with E-state index in [1.807, 2.05) is 13.8 Å². The Bertz CT molecular complexity index is 584. The zero-order valence-electron chi connectivity index (χ0n) is 11.2. The number of carbonyl (C=O) groups is 2. The highest BCUT2D eigenvalue weighted by molar-refractivity contribution is 8.00. The molecule has 1 amide bonds. The van der Waals surface area contributed by atoms with E-state index in [2.05, 4.69) is 4.98 Å². The molecule has 108 valence electrons. The predicted octanol–water partition coefficient (Wildman–Crippen LogP) is 0.999. The SMILES string of the molecule is CC(C)C1SCC(C(=O)O)N1C(=O)c1c[nH]ccc1=O. The van der Waals surface area contributed by atoms with Crippen LogP contribution in [0.15, 0.2) is 23.3 Å². The van der Waals surface area contributed by atoms with Crippen molar-refractivity contribution in [1.82, 2.24) is 9.88 Å². The number of nitrogens with one attached hydrogen (secondary N) is 1. The van der Waals surface area contributed by atoms with E-state index in [0.717, 1.165) is 0 Å². The molecule has 2 rings (SSSR count). The summed E-state index contributed by atoms with van der Waals surface area (Å²) in [6, 6.07) is 0.371. The van der Waals surface area contributed by atoms with Crippen LogP contribution < -0.4 is 5.43 Å². The van der Waals surface area contributed by atoms with Crippen molar-refractivity contribution < 1.29 is 14.7 Å². The first-order chi connectivity index (χ1) is 9.43. The van der Waals surface area contributed by atoms with Crippen LogP contribution >= 0.6 is 11.8 Å². The Morgan fingerprint density at radius 2 is 2.20 bits per heavy atom. The van der Waals surface area contributed by atoms with Gasteiger partial charge in [-0.3, -0.25) is 9.59 Å². The highest BCUT2D eigenvalue weighted by Gasteiger charge is 2.43. The molecule has 2 N–H and O–H groups in total. The van der Waals surface area contributed by atoms with Crippen molar-refractivity contribution in [3.63, 3.8) is 0 Å². The van der Waals surface area contributed by atoms with E-state index in [-0.39, 0.29) is 16.9 Å². The molecule has 7 heteroatoms. The molecule has 1 aromatic rings. The van der Waals surface area contributed by atoms with Gasteiger partial charge in [-0.05, 0) is 5.92 Å². The normalized spacial score (nSPS) is 22.2. The average Bonchev–Trinajstić information content (AvgIpc) is 2.83. The first-order valence-corrected chi connectivity index (χ1v) is 7.32. The second-order valence-corrected chi connectivity index (χ2v) is 6.11. The molecule has 2 atom stereocenters. The zero-order chi connectivity index (χ0) is 14.9. The van der Waals surface area contributed by atoms with Gasteiger partial charge >= 0.3 is 5.97 Å². The van der Waals surface area contributed by atoms with Crippen LogP contribution in [-0.4, -0.2) is 44.0 Å². The minimum Gasteiger partial charge on any atom is -0.480 e. The Kier molecular flexibility index (Phi) is 4.17. The highest BCUT2D eigenvalue weighted by Crippen LogP contribution is 2.34. The van der Waals surface area contributed by atoms with E-state index in [1.54, 1.807) is 0 Å². The largest absolute Gasteiger partial charge is 0.480 e. The molecule has 1 saturated heterocycles. The topological polar surface area (TPSA) is 90.5 Å². The van der Waals surface area contributed by atoms with Gasteiger partial charge in [-0.2, -0.15) is 0 Å². The third kappa shape index (κ3) is 2.58. The molecule has 0 aliphatic carbocycles. The highest BCUT2D eigenvalue weighted by atomic mass is 32.2. The number of aromatic nitrogens is 1. The summed E-state index contributed by atoms with van der Waals surface area (Å²) in [5.74, 6) is -1.12. The van der Waals surface area contributed by atoms with Gasteiger partial charge in [-0.1, -0.05) is 13.8 Å². The van der Waals surface area contributed by atoms with E-state index in [0.29, 0.717) is 5.75 Å². The van der Waals surface area contributed by atoms with Crippen LogP contribution in [0.5, 0.6) is 0 Å². The molecule has 6 nitrogen and oxygen atoms in total. The maximum Gasteiger partial charge on any atom is 0.327 e. The summed E-state index contributed by atoms with van der Waals surface area (Å²) in [4.78, 5) is 39.6. The van der Waals surface area contributed by atoms with E-state index in [9.17, 15) is 19.5 Å². The van der Waals surface area contributed by atoms with Crippen LogP contribution in [0.4, 0.5) is 0 Å². The standard InChI is InChI=1S/C13H16N2O4S/c1-7(2)12-15(9(6-20-12)13(18)19)11(17)8-5-14-4-3-10(8)16/h3-5,7,9,12H,6H2,1-2H3,(H,14,16)(H,18,19). The number of carboxylic acid groups (broad SMARTS) is 1. The predicted molar refractivity (Wildman–Crippen MR) is 75.7 cm³/mol. The Balaban J connectivity index is 2.40. The number of pyridine rings is 1. The molecular weight excluding hydrogens is 280 g/mol. The number of nitrogens with zero attached hydrogens (tertiary/aromatic N) is 1. The minimum absolute atomic E-state index is 0.0214. The molecule has 2 heterocycles. The molecule has 2 unspecified atom stereocenters. The molecule has 1 aromatic heterocycles. The van der Waals surface area contributed by atoms with Crippen molar-refractivity contribution in [2.45, 2.75) is 25.3 Å². The molecule has 0 bridgehead atoms. The number of hydrogen-bond donors (Lipinski definition) is 2. The fourth-order valence-corrected chi connectivity index (χ4v) is 3.68. The third-order valence-corrected chi connectivity index (χ3v) is 4.80. The average molecular weight is 296 g/mol. The number of carboxylic acids is 1. The lowest BCUT2D eigenvalue weighted by atomic mass is 10.1. The van der Waals surface area contributed by atoms with Crippen LogP contribution in [0.1, 0.15) is 24.2 Å². The Morgan fingerprint density at radius 3 is 2.75 bits per heavy atom. The van der Waals surface area contributed by atoms with Crippen LogP contribution in [0.25, 0.3) is 0 Å². The number of thioether (sulfide) groups is 1. The second kappa shape index (κ2) is 5.70. The first kappa shape index (κ1) is 14.6. The van der Waals surface area contributed by atoms with Gasteiger partial charge in [-0.25, -0.2) is 4.79 Å². The van der Waals surface area contributed by atoms with Gasteiger partial charge < -0.3 is 15.0 Å². The summed E-state index contributed by atoms with van der Waals surface area (Å²) in [5, 5.41) is 9.02. The molecule has 1 aliphatic heterocycles. The molecule has 1 aliphatic rings. The van der Waals surface area contributed by atoms with Crippen molar-refractivity contribution >= 4 is 23.6 Å². The Morgan fingerprint density at radius 1 is 1.50 bits per heavy atom. The molecule has 0 aromatic carbocycles. The number of aliphatic carboxylic acids is 1. The van der Waals surface area contributed by atoms with E-state index < -0.39 is 23.3 Å². The van der Waals surface area contributed by atoms with Crippen LogP contribution in [0.3, 0.4) is 0 Å². The van der Waals surface area contributed by atoms with Gasteiger partial charge in [-0.15, -0.1) is 11.8 Å². The molecule has 0 saturated carbocycles. The molecule has 0 spiro atoms. The lowest BCUT2D eigenvalue weighted by Crippen LogP contribution is -2.48. The maximum absolute atomic E-state index is 12.5. The summed E-state index contributed by atoms with van der Waals surface area (Å²) in [5.41, 5.74) is -0.427. The minimum atomic E-state index is -1.04. The smallest absolute Gasteiger partial charge is 0.327 e. The van der Waals surface area contributed by atoms with Crippen molar-refractivity contribution in [2.24, 2.45) is 5.92 Å². The summed E-state index contributed by atoms with van der Waals surface area (Å²) < 4.78 is 0. The number of aromatic amines is 1. The number of rotatable bonds is 3. The molecular formula is C13H16N2O4S. The zero-order valence-corrected chi connectivity index (χ0v) is 12.0. The Labute approximate surface area is 120 Å². The van der Waals surface area contributed by atoms with Crippen LogP contribution in [-0.2, 0) is 4.79 Å². The van der Waals surface area contributed by atoms with Crippen molar-refractivity contribution in [3.05, 3.63) is 34.2 Å². The van der Waals surface area contributed by atoms with Crippen LogP contribution in [0, 0.1) is 5.92 Å². The first-order valence-electron chi connectivity index (χ1n) is 6.27. The van der Waals surface area contributed by atoms with Gasteiger partial charge in [0, 0.05) is 24.2 Å². The van der Waals surface area contributed by atoms with Gasteiger partial charge in [0.05, 0.1) is 5.37 Å². The lowest BCUT2D eigenvalue weighted by Gasteiger charge is -2.29. The molecule has 0 radical (unpaired) electrons. The number of H-pyrrole nitrogens is 1. The summed E-state index contributed by atoms with van der Waals surface area (Å²) in [6.07, 6.45) is 2.76. The number of amides is 1. The summed E-state index contributed by atoms with van der Waals surface area (Å²) >= 11 is 1.44. The molecule has 1 fully saturated rings. The Hall–Kier alpha value is -1.76. The second-order valence-electron chi connectivity index (χ2n) is 4.96. The quantitative estimate of drug-likeness (QED) is 0.868. The number of hydrogen-bond acceptors (Lipinski definition) is 4. The lowest BCUT2D eigenvalue weighted by molar-refractivity contribution is -0.141. The number of carbonyl (C=O) groups excluding carboxylic acids is 1. The van der Waals surface area contributed by atoms with Gasteiger partial charge in [0.2, 0.25) is 0 Å². The maximum atomic E-state index is 12.5. The van der Waals surface area contributed by atoms with Crippen molar-refractivity contribution in [1.29, 1.82) is 0 Å². The van der Waals surface area contributed by atoms with Gasteiger partial charge in [0.1, 0.15) is 11.6 Å². The molecule has 20 heavy (non-hydrogen) atoms. The van der Waals surface area contributed by atoms with Gasteiger partial charge in [0.25, 0.3) is 5.91 Å². The fourth-order valence-electron chi connectivity index (χ4n) is 2.21. The van der Waals surface area contributed by atoms with E-state index in [1.165, 1.54) is 35.1 Å². The third-order valence-electron chi connectivity index (χ3n) is 3.18. The summed E-state index contributed by atoms with van der Waals surface area (Å²) in [7, 11) is 0. The van der Waals surface area contributed by atoms with Crippen molar-refractivity contribution in [3.8, 4) is 0 Å². The fraction of sp³-hybridized carbons (Fsp3) is 0.462. The van der Waals surface area contributed by atoms with Gasteiger partial charge in [0.15, 0.2) is 5.43 Å². The van der Waals surface area contributed by atoms with Crippen LogP contribution in [0.2, 0.25) is 0 Å². The van der Waals surface area contributed by atoms with E-state index in [4.69, 9.17) is 0 Å².